The number of rotatable bonds is 8. The first-order chi connectivity index (χ1) is 19.9. The molecule has 3 atom stereocenters. The molecule has 2 aliphatic rings. The van der Waals surface area contributed by atoms with Crippen molar-refractivity contribution in [3.63, 3.8) is 0 Å². The minimum Gasteiger partial charge on any atom is -0.488 e. The molecule has 42 heavy (non-hydrogen) atoms. The van der Waals surface area contributed by atoms with Gasteiger partial charge >= 0.3 is 6.09 Å². The van der Waals surface area contributed by atoms with E-state index in [4.69, 9.17) is 37.4 Å². The Bertz CT molecular complexity index is 1450. The van der Waals surface area contributed by atoms with Gasteiger partial charge in [-0.15, -0.1) is 0 Å². The molecule has 2 bridgehead atoms. The first-order valence-corrected chi connectivity index (χ1v) is 14.8. The lowest BCUT2D eigenvalue weighted by atomic mass is 10.00. The molecule has 0 saturated carbocycles. The summed E-state index contributed by atoms with van der Waals surface area (Å²) in [5, 5.41) is 3.59. The van der Waals surface area contributed by atoms with E-state index in [2.05, 4.69) is 15.3 Å². The van der Waals surface area contributed by atoms with Crippen molar-refractivity contribution in [1.82, 2.24) is 19.8 Å². The summed E-state index contributed by atoms with van der Waals surface area (Å²) in [5.74, 6) is 0.783. The fourth-order valence-electron chi connectivity index (χ4n) is 5.47. The zero-order valence-corrected chi connectivity index (χ0v) is 25.9. The quantitative estimate of drug-likeness (QED) is 0.268. The minimum absolute atomic E-state index is 0.0420. The van der Waals surface area contributed by atoms with E-state index in [1.807, 2.05) is 56.8 Å². The number of nitrogens with one attached hydrogen (secondary N) is 1. The van der Waals surface area contributed by atoms with E-state index >= 15 is 0 Å². The Hall–Kier alpha value is -3.08. The molecule has 12 heteroatoms. The van der Waals surface area contributed by atoms with Crippen molar-refractivity contribution < 1.29 is 23.4 Å². The number of fused-ring (bicyclic) bond motifs is 3. The lowest BCUT2D eigenvalue weighted by Gasteiger charge is -2.39. The molecule has 0 spiro atoms. The van der Waals surface area contributed by atoms with E-state index in [0.29, 0.717) is 54.2 Å². The maximum Gasteiger partial charge on any atom is 0.410 e. The highest BCUT2D eigenvalue weighted by molar-refractivity contribution is 6.42. The molecule has 226 valence electrons. The number of amides is 1. The van der Waals surface area contributed by atoms with Gasteiger partial charge in [-0.1, -0.05) is 23.2 Å². The minimum atomic E-state index is -0.678. The Balaban J connectivity index is 1.43. The van der Waals surface area contributed by atoms with Gasteiger partial charge in [0.2, 0.25) is 0 Å². The molecule has 0 aliphatic carbocycles. The molecule has 1 amide bonds. The summed E-state index contributed by atoms with van der Waals surface area (Å²) in [6, 6.07) is 6.73. The number of anilines is 2. The van der Waals surface area contributed by atoms with Gasteiger partial charge in [0.05, 0.1) is 21.2 Å². The summed E-state index contributed by atoms with van der Waals surface area (Å²) in [6.45, 7) is 6.79. The Morgan fingerprint density at radius 3 is 2.50 bits per heavy atom. The SMILES string of the molecule is CN(C)CCOc1cc2ncnc(Nc3ccc(Cl)c(Cl)c3F)c2cc1O[C@@H]1C[C@H]2CC[C@@H](C1)N2C(=O)OC(C)(C)C. The van der Waals surface area contributed by atoms with Gasteiger partial charge in [-0.3, -0.25) is 0 Å². The molecule has 2 fully saturated rings. The molecule has 1 aromatic heterocycles. The lowest BCUT2D eigenvalue weighted by molar-refractivity contribution is -0.00743. The summed E-state index contributed by atoms with van der Waals surface area (Å²) >= 11 is 12.0. The van der Waals surface area contributed by atoms with Crippen LogP contribution in [0.1, 0.15) is 46.5 Å². The molecule has 2 aromatic carbocycles. The average molecular weight is 621 g/mol. The number of halogens is 3. The van der Waals surface area contributed by atoms with Gasteiger partial charge in [0, 0.05) is 42.9 Å². The smallest absolute Gasteiger partial charge is 0.410 e. The highest BCUT2D eigenvalue weighted by atomic mass is 35.5. The number of piperidine rings is 1. The number of likely N-dealkylation sites (N-methyl/N-ethyl adjacent to an activating group) is 1. The molecule has 9 nitrogen and oxygen atoms in total. The fraction of sp³-hybridized carbons (Fsp3) is 0.500. The van der Waals surface area contributed by atoms with Crippen molar-refractivity contribution in [1.29, 1.82) is 0 Å². The molecule has 3 aromatic rings. The standard InChI is InChI=1S/C30H36Cl2FN5O4/c1-30(2,3)42-29(39)38-17-6-7-18(38)13-19(12-17)41-25-14-20-23(15-24(25)40-11-10-37(4)5)34-16-35-28(20)36-22-9-8-21(31)26(32)27(22)33/h8-9,14-19H,6-7,10-13H2,1-5H3,(H,34,35,36)/t17-,18+,19-. The third-order valence-electron chi connectivity index (χ3n) is 7.37. The molecule has 1 N–H and O–H groups in total. The number of carbonyl (C=O) groups is 1. The number of carbonyl (C=O) groups excluding carboxylic acids is 1. The second-order valence-electron chi connectivity index (χ2n) is 12.0. The van der Waals surface area contributed by atoms with Crippen molar-refractivity contribution >= 4 is 51.7 Å². The molecular weight excluding hydrogens is 584 g/mol. The van der Waals surface area contributed by atoms with Crippen LogP contribution < -0.4 is 14.8 Å². The maximum absolute atomic E-state index is 14.9. The van der Waals surface area contributed by atoms with Crippen molar-refractivity contribution in [2.75, 3.05) is 32.6 Å². The van der Waals surface area contributed by atoms with Gasteiger partial charge in [-0.2, -0.15) is 0 Å². The summed E-state index contributed by atoms with van der Waals surface area (Å²) in [7, 11) is 3.95. The Morgan fingerprint density at radius 2 is 1.83 bits per heavy atom. The van der Waals surface area contributed by atoms with Gasteiger partial charge in [0.1, 0.15) is 30.5 Å². The van der Waals surface area contributed by atoms with E-state index in [1.54, 1.807) is 0 Å². The van der Waals surface area contributed by atoms with Crippen LogP contribution in [-0.2, 0) is 4.74 Å². The van der Waals surface area contributed by atoms with Crippen molar-refractivity contribution in [2.24, 2.45) is 0 Å². The van der Waals surface area contributed by atoms with Crippen LogP contribution in [0, 0.1) is 5.82 Å². The molecule has 2 aliphatic heterocycles. The van der Waals surface area contributed by atoms with E-state index < -0.39 is 11.4 Å². The van der Waals surface area contributed by atoms with Crippen molar-refractivity contribution in [2.45, 2.75) is 70.2 Å². The zero-order chi connectivity index (χ0) is 30.2. The summed E-state index contributed by atoms with van der Waals surface area (Å²) < 4.78 is 33.3. The highest BCUT2D eigenvalue weighted by Gasteiger charge is 2.45. The van der Waals surface area contributed by atoms with Gasteiger partial charge in [-0.05, 0) is 65.9 Å². The summed E-state index contributed by atoms with van der Waals surface area (Å²) in [6.07, 6.45) is 4.16. The second-order valence-corrected chi connectivity index (χ2v) is 12.8. The number of ether oxygens (including phenoxy) is 3. The summed E-state index contributed by atoms with van der Waals surface area (Å²) in [4.78, 5) is 25.7. The molecule has 2 saturated heterocycles. The highest BCUT2D eigenvalue weighted by Crippen LogP contribution is 2.42. The first-order valence-electron chi connectivity index (χ1n) is 14.0. The van der Waals surface area contributed by atoms with Gasteiger partial charge in [0.15, 0.2) is 17.3 Å². The maximum atomic E-state index is 14.9. The van der Waals surface area contributed by atoms with Crippen LogP contribution in [0.3, 0.4) is 0 Å². The van der Waals surface area contributed by atoms with Crippen LogP contribution in [0.15, 0.2) is 30.6 Å². The third-order valence-corrected chi connectivity index (χ3v) is 8.15. The average Bonchev–Trinajstić information content (AvgIpc) is 3.19. The fourth-order valence-corrected chi connectivity index (χ4v) is 5.78. The van der Waals surface area contributed by atoms with Crippen LogP contribution in [-0.4, -0.2) is 76.9 Å². The van der Waals surface area contributed by atoms with E-state index in [1.165, 1.54) is 18.5 Å². The third kappa shape index (κ3) is 6.76. The zero-order valence-electron chi connectivity index (χ0n) is 24.4. The largest absolute Gasteiger partial charge is 0.488 e. The van der Waals surface area contributed by atoms with Gasteiger partial charge in [0.25, 0.3) is 0 Å². The van der Waals surface area contributed by atoms with Gasteiger partial charge < -0.3 is 29.3 Å². The first kappa shape index (κ1) is 30.4. The van der Waals surface area contributed by atoms with Crippen molar-refractivity contribution in [3.8, 4) is 11.5 Å². The van der Waals surface area contributed by atoms with Crippen LogP contribution in [0.2, 0.25) is 10.0 Å². The number of hydrogen-bond acceptors (Lipinski definition) is 8. The monoisotopic (exact) mass is 619 g/mol. The predicted octanol–water partition coefficient (Wildman–Crippen LogP) is 7.07. The van der Waals surface area contributed by atoms with Crippen LogP contribution in [0.25, 0.3) is 10.9 Å². The topological polar surface area (TPSA) is 89.1 Å². The van der Waals surface area contributed by atoms with Gasteiger partial charge in [-0.25, -0.2) is 19.2 Å². The Morgan fingerprint density at radius 1 is 1.12 bits per heavy atom. The van der Waals surface area contributed by atoms with E-state index in [0.717, 1.165) is 12.8 Å². The Kier molecular flexibility index (Phi) is 8.87. The molecule has 5 rings (SSSR count). The predicted molar refractivity (Wildman–Crippen MR) is 162 cm³/mol. The van der Waals surface area contributed by atoms with E-state index in [9.17, 15) is 9.18 Å². The molecular formula is C30H36Cl2FN5O4. The normalized spacial score (nSPS) is 20.2. The van der Waals surface area contributed by atoms with E-state index in [-0.39, 0.29) is 40.0 Å². The van der Waals surface area contributed by atoms with Crippen LogP contribution >= 0.6 is 23.2 Å². The Labute approximate surface area is 255 Å². The van der Waals surface area contributed by atoms with Crippen LogP contribution in [0.4, 0.5) is 20.7 Å². The molecule has 0 unspecified atom stereocenters. The van der Waals surface area contributed by atoms with Crippen molar-refractivity contribution in [3.05, 3.63) is 46.5 Å². The lowest BCUT2D eigenvalue weighted by Crippen LogP contribution is -2.50. The molecule has 0 radical (unpaired) electrons. The second kappa shape index (κ2) is 12.3. The molecule has 3 heterocycles. The number of nitrogens with zero attached hydrogens (tertiary/aromatic N) is 4. The number of benzene rings is 2. The number of aromatic nitrogens is 2. The van der Waals surface area contributed by atoms with Crippen LogP contribution in [0.5, 0.6) is 11.5 Å². The summed E-state index contributed by atoms with van der Waals surface area (Å²) in [5.41, 5.74) is 0.172. The number of hydrogen-bond donors (Lipinski definition) is 1.